The highest BCUT2D eigenvalue weighted by Gasteiger charge is 2.29. The van der Waals surface area contributed by atoms with Crippen molar-refractivity contribution in [2.45, 2.75) is 32.7 Å². The van der Waals surface area contributed by atoms with Crippen molar-refractivity contribution in [3.63, 3.8) is 0 Å². The number of ether oxygens (including phenoxy) is 2. The van der Waals surface area contributed by atoms with Crippen LogP contribution in [0.4, 0.5) is 0 Å². The minimum Gasteiger partial charge on any atom is -0.493 e. The van der Waals surface area contributed by atoms with Gasteiger partial charge in [-0.25, -0.2) is 0 Å². The van der Waals surface area contributed by atoms with Crippen LogP contribution < -0.4 is 10.5 Å². The standard InChI is InChI=1S/C14H21NO3/c1-10-7-11(2)9-12(8-10)18-6-5-14(3,15)13(16)17-4/h7-9H,5-6,15H2,1-4H3. The molecule has 0 spiro atoms. The van der Waals surface area contributed by atoms with Crippen LogP contribution in [0.5, 0.6) is 5.75 Å². The van der Waals surface area contributed by atoms with Crippen LogP contribution in [0.25, 0.3) is 0 Å². The Morgan fingerprint density at radius 1 is 1.28 bits per heavy atom. The molecule has 100 valence electrons. The van der Waals surface area contributed by atoms with Gasteiger partial charge in [0.1, 0.15) is 11.3 Å². The third-order valence-electron chi connectivity index (χ3n) is 2.74. The Hall–Kier alpha value is -1.55. The number of carbonyl (C=O) groups excluding carboxylic acids is 1. The lowest BCUT2D eigenvalue weighted by Gasteiger charge is -2.21. The van der Waals surface area contributed by atoms with E-state index in [-0.39, 0.29) is 0 Å². The van der Waals surface area contributed by atoms with E-state index in [0.717, 1.165) is 16.9 Å². The van der Waals surface area contributed by atoms with E-state index in [1.165, 1.54) is 7.11 Å². The SMILES string of the molecule is COC(=O)C(C)(N)CCOc1cc(C)cc(C)c1. The molecule has 1 aromatic carbocycles. The molecule has 0 aliphatic rings. The molecule has 1 atom stereocenters. The zero-order chi connectivity index (χ0) is 13.8. The maximum atomic E-state index is 11.4. The first-order valence-electron chi connectivity index (χ1n) is 5.93. The molecule has 0 saturated heterocycles. The lowest BCUT2D eigenvalue weighted by Crippen LogP contribution is -2.46. The first kappa shape index (κ1) is 14.5. The van der Waals surface area contributed by atoms with Crippen molar-refractivity contribution in [3.8, 4) is 5.75 Å². The van der Waals surface area contributed by atoms with E-state index >= 15 is 0 Å². The summed E-state index contributed by atoms with van der Waals surface area (Å²) in [5.74, 6) is 0.375. The summed E-state index contributed by atoms with van der Waals surface area (Å²) in [6.45, 7) is 6.05. The molecule has 0 saturated carbocycles. The Balaban J connectivity index is 2.53. The van der Waals surface area contributed by atoms with Gasteiger partial charge < -0.3 is 15.2 Å². The quantitative estimate of drug-likeness (QED) is 0.813. The monoisotopic (exact) mass is 251 g/mol. The van der Waals surface area contributed by atoms with E-state index < -0.39 is 11.5 Å². The fraction of sp³-hybridized carbons (Fsp3) is 0.500. The van der Waals surface area contributed by atoms with Crippen molar-refractivity contribution in [2.24, 2.45) is 5.73 Å². The van der Waals surface area contributed by atoms with Gasteiger partial charge in [0.2, 0.25) is 0 Å². The van der Waals surface area contributed by atoms with Gasteiger partial charge in [-0.2, -0.15) is 0 Å². The Labute approximate surface area is 108 Å². The molecule has 1 aromatic rings. The van der Waals surface area contributed by atoms with Gasteiger partial charge >= 0.3 is 5.97 Å². The lowest BCUT2D eigenvalue weighted by molar-refractivity contribution is -0.146. The van der Waals surface area contributed by atoms with Gasteiger partial charge in [0.15, 0.2) is 0 Å². The van der Waals surface area contributed by atoms with Gasteiger partial charge in [-0.1, -0.05) is 6.07 Å². The first-order chi connectivity index (χ1) is 8.35. The predicted octanol–water partition coefficient (Wildman–Crippen LogP) is 1.96. The van der Waals surface area contributed by atoms with E-state index in [1.807, 2.05) is 26.0 Å². The van der Waals surface area contributed by atoms with Crippen LogP contribution in [0.2, 0.25) is 0 Å². The maximum absolute atomic E-state index is 11.4. The van der Waals surface area contributed by atoms with Crippen LogP contribution in [-0.2, 0) is 9.53 Å². The van der Waals surface area contributed by atoms with Crippen molar-refractivity contribution < 1.29 is 14.3 Å². The first-order valence-corrected chi connectivity index (χ1v) is 5.93. The number of carbonyl (C=O) groups is 1. The molecular formula is C14H21NO3. The molecular weight excluding hydrogens is 230 g/mol. The number of nitrogens with two attached hydrogens (primary N) is 1. The largest absolute Gasteiger partial charge is 0.493 e. The van der Waals surface area contributed by atoms with Gasteiger partial charge in [0, 0.05) is 6.42 Å². The summed E-state index contributed by atoms with van der Waals surface area (Å²) in [5.41, 5.74) is 7.13. The average molecular weight is 251 g/mol. The number of methoxy groups -OCH3 is 1. The highest BCUT2D eigenvalue weighted by atomic mass is 16.5. The third-order valence-corrected chi connectivity index (χ3v) is 2.74. The number of rotatable bonds is 5. The van der Waals surface area contributed by atoms with Crippen LogP contribution in [0.3, 0.4) is 0 Å². The summed E-state index contributed by atoms with van der Waals surface area (Å²) >= 11 is 0. The summed E-state index contributed by atoms with van der Waals surface area (Å²) in [6, 6.07) is 5.99. The summed E-state index contributed by atoms with van der Waals surface area (Å²) in [6.07, 6.45) is 0.409. The van der Waals surface area contributed by atoms with Gasteiger partial charge in [0.05, 0.1) is 13.7 Å². The molecule has 0 aliphatic carbocycles. The number of aryl methyl sites for hydroxylation is 2. The van der Waals surface area contributed by atoms with E-state index in [4.69, 9.17) is 10.5 Å². The molecule has 0 bridgehead atoms. The van der Waals surface area contributed by atoms with Gasteiger partial charge in [-0.3, -0.25) is 4.79 Å². The second-order valence-electron chi connectivity index (χ2n) is 4.83. The van der Waals surface area contributed by atoms with Gasteiger partial charge in [-0.05, 0) is 44.0 Å². The fourth-order valence-electron chi connectivity index (χ4n) is 1.73. The molecule has 0 aromatic heterocycles. The second-order valence-corrected chi connectivity index (χ2v) is 4.83. The van der Waals surface area contributed by atoms with E-state index in [0.29, 0.717) is 13.0 Å². The smallest absolute Gasteiger partial charge is 0.325 e. The van der Waals surface area contributed by atoms with Crippen LogP contribution in [0, 0.1) is 13.8 Å². The summed E-state index contributed by atoms with van der Waals surface area (Å²) in [5, 5.41) is 0. The van der Waals surface area contributed by atoms with E-state index in [9.17, 15) is 4.79 Å². The van der Waals surface area contributed by atoms with Crippen LogP contribution in [-0.4, -0.2) is 25.2 Å². The molecule has 18 heavy (non-hydrogen) atoms. The lowest BCUT2D eigenvalue weighted by atomic mass is 10.0. The zero-order valence-corrected chi connectivity index (χ0v) is 11.4. The predicted molar refractivity (Wildman–Crippen MR) is 70.6 cm³/mol. The minimum absolute atomic E-state index is 0.380. The zero-order valence-electron chi connectivity index (χ0n) is 11.4. The van der Waals surface area contributed by atoms with Crippen molar-refractivity contribution >= 4 is 5.97 Å². The topological polar surface area (TPSA) is 61.5 Å². The van der Waals surface area contributed by atoms with Gasteiger partial charge in [0.25, 0.3) is 0 Å². The molecule has 0 amide bonds. The summed E-state index contributed by atoms with van der Waals surface area (Å²) < 4.78 is 10.2. The Bertz CT molecular complexity index is 407. The molecule has 4 nitrogen and oxygen atoms in total. The Morgan fingerprint density at radius 3 is 2.33 bits per heavy atom. The molecule has 2 N–H and O–H groups in total. The number of hydrogen-bond acceptors (Lipinski definition) is 4. The number of benzene rings is 1. The molecule has 0 heterocycles. The summed E-state index contributed by atoms with van der Waals surface area (Å²) in [4.78, 5) is 11.4. The Morgan fingerprint density at radius 2 is 1.83 bits per heavy atom. The second kappa shape index (κ2) is 5.87. The van der Waals surface area contributed by atoms with Crippen LogP contribution in [0.15, 0.2) is 18.2 Å². The molecule has 4 heteroatoms. The van der Waals surface area contributed by atoms with Crippen molar-refractivity contribution in [3.05, 3.63) is 29.3 Å². The Kier molecular flexibility index (Phi) is 4.73. The van der Waals surface area contributed by atoms with Crippen molar-refractivity contribution in [2.75, 3.05) is 13.7 Å². The number of esters is 1. The average Bonchev–Trinajstić information content (AvgIpc) is 2.26. The van der Waals surface area contributed by atoms with Crippen LogP contribution in [0.1, 0.15) is 24.5 Å². The highest BCUT2D eigenvalue weighted by Crippen LogP contribution is 2.17. The van der Waals surface area contributed by atoms with Gasteiger partial charge in [-0.15, -0.1) is 0 Å². The molecule has 1 unspecified atom stereocenters. The van der Waals surface area contributed by atoms with E-state index in [1.54, 1.807) is 6.92 Å². The van der Waals surface area contributed by atoms with Crippen LogP contribution >= 0.6 is 0 Å². The maximum Gasteiger partial charge on any atom is 0.325 e. The molecule has 0 aliphatic heterocycles. The van der Waals surface area contributed by atoms with Crippen molar-refractivity contribution in [1.29, 1.82) is 0 Å². The number of hydrogen-bond donors (Lipinski definition) is 1. The minimum atomic E-state index is -1.01. The highest BCUT2D eigenvalue weighted by molar-refractivity contribution is 5.79. The fourth-order valence-corrected chi connectivity index (χ4v) is 1.73. The molecule has 1 rings (SSSR count). The summed E-state index contributed by atoms with van der Waals surface area (Å²) in [7, 11) is 1.33. The third kappa shape index (κ3) is 4.04. The van der Waals surface area contributed by atoms with E-state index in [2.05, 4.69) is 10.8 Å². The molecule has 0 radical (unpaired) electrons. The normalized spacial score (nSPS) is 13.8. The van der Waals surface area contributed by atoms with Crippen molar-refractivity contribution in [1.82, 2.24) is 0 Å². The molecule has 0 fully saturated rings.